The number of rotatable bonds is 2. The SMILES string of the molecule is CC1CN(c2n[nH]c(-c3cccc(F)c3Cl)n2)CC(C)N1. The Morgan fingerprint density at radius 3 is 2.71 bits per heavy atom. The summed E-state index contributed by atoms with van der Waals surface area (Å²) in [6.45, 7) is 5.91. The first kappa shape index (κ1) is 14.3. The van der Waals surface area contributed by atoms with Crippen molar-refractivity contribution in [3.05, 3.63) is 29.0 Å². The quantitative estimate of drug-likeness (QED) is 0.894. The van der Waals surface area contributed by atoms with Crippen molar-refractivity contribution in [2.24, 2.45) is 0 Å². The molecule has 2 atom stereocenters. The molecule has 0 spiro atoms. The number of aromatic amines is 1. The zero-order chi connectivity index (χ0) is 15.0. The Kier molecular flexibility index (Phi) is 3.82. The number of benzene rings is 1. The summed E-state index contributed by atoms with van der Waals surface area (Å²) in [5, 5.41) is 10.6. The fourth-order valence-electron chi connectivity index (χ4n) is 2.69. The van der Waals surface area contributed by atoms with E-state index in [1.165, 1.54) is 6.07 Å². The fourth-order valence-corrected chi connectivity index (χ4v) is 2.91. The number of hydrogen-bond acceptors (Lipinski definition) is 4. The summed E-state index contributed by atoms with van der Waals surface area (Å²) in [7, 11) is 0. The van der Waals surface area contributed by atoms with Crippen LogP contribution in [0.5, 0.6) is 0 Å². The number of nitrogens with zero attached hydrogens (tertiary/aromatic N) is 3. The van der Waals surface area contributed by atoms with Gasteiger partial charge in [-0.3, -0.25) is 5.10 Å². The molecule has 1 saturated heterocycles. The molecule has 2 N–H and O–H groups in total. The van der Waals surface area contributed by atoms with Crippen LogP contribution in [0.1, 0.15) is 13.8 Å². The molecule has 0 aliphatic carbocycles. The van der Waals surface area contributed by atoms with E-state index in [0.717, 1.165) is 13.1 Å². The van der Waals surface area contributed by atoms with Gasteiger partial charge in [0.2, 0.25) is 5.95 Å². The number of hydrogen-bond donors (Lipinski definition) is 2. The van der Waals surface area contributed by atoms with Crippen molar-refractivity contribution < 1.29 is 4.39 Å². The highest BCUT2D eigenvalue weighted by Crippen LogP contribution is 2.28. The summed E-state index contributed by atoms with van der Waals surface area (Å²) in [5.74, 6) is 0.635. The van der Waals surface area contributed by atoms with Crippen molar-refractivity contribution in [1.82, 2.24) is 20.5 Å². The van der Waals surface area contributed by atoms with Crippen LogP contribution < -0.4 is 10.2 Å². The minimum absolute atomic E-state index is 0.0576. The molecular weight excluding hydrogens is 293 g/mol. The molecule has 1 aromatic heterocycles. The van der Waals surface area contributed by atoms with Crippen molar-refractivity contribution in [1.29, 1.82) is 0 Å². The molecule has 5 nitrogen and oxygen atoms in total. The topological polar surface area (TPSA) is 56.8 Å². The van der Waals surface area contributed by atoms with Crippen LogP contribution in [0.15, 0.2) is 18.2 Å². The van der Waals surface area contributed by atoms with Crippen LogP contribution in [0.2, 0.25) is 5.02 Å². The van der Waals surface area contributed by atoms with Crippen molar-refractivity contribution >= 4 is 17.5 Å². The van der Waals surface area contributed by atoms with Gasteiger partial charge in [-0.2, -0.15) is 4.98 Å². The standard InChI is InChI=1S/C14H17ClFN5/c1-8-6-21(7-9(2)17-8)14-18-13(19-20-14)10-4-3-5-11(16)12(10)15/h3-5,8-9,17H,6-7H2,1-2H3,(H,18,19,20). The lowest BCUT2D eigenvalue weighted by Crippen LogP contribution is -2.54. The molecule has 112 valence electrons. The predicted molar refractivity (Wildman–Crippen MR) is 81.1 cm³/mol. The monoisotopic (exact) mass is 309 g/mol. The first-order valence-electron chi connectivity index (χ1n) is 6.92. The van der Waals surface area contributed by atoms with E-state index in [9.17, 15) is 4.39 Å². The van der Waals surface area contributed by atoms with Gasteiger partial charge in [0.15, 0.2) is 5.82 Å². The summed E-state index contributed by atoms with van der Waals surface area (Å²) in [4.78, 5) is 6.57. The third-order valence-electron chi connectivity index (χ3n) is 3.52. The lowest BCUT2D eigenvalue weighted by atomic mass is 10.1. The van der Waals surface area contributed by atoms with Crippen molar-refractivity contribution in [2.45, 2.75) is 25.9 Å². The fraction of sp³-hybridized carbons (Fsp3) is 0.429. The maximum atomic E-state index is 13.5. The van der Waals surface area contributed by atoms with Gasteiger partial charge in [-0.25, -0.2) is 4.39 Å². The number of piperazine rings is 1. The minimum atomic E-state index is -0.462. The van der Waals surface area contributed by atoms with E-state index in [2.05, 4.69) is 39.2 Å². The van der Waals surface area contributed by atoms with E-state index in [-0.39, 0.29) is 5.02 Å². The zero-order valence-electron chi connectivity index (χ0n) is 11.9. The Bertz CT molecular complexity index is 634. The summed E-state index contributed by atoms with van der Waals surface area (Å²) < 4.78 is 13.5. The Balaban J connectivity index is 1.88. The molecule has 0 radical (unpaired) electrons. The van der Waals surface area contributed by atoms with Gasteiger partial charge in [-0.05, 0) is 26.0 Å². The highest BCUT2D eigenvalue weighted by Gasteiger charge is 2.24. The minimum Gasteiger partial charge on any atom is -0.336 e. The van der Waals surface area contributed by atoms with E-state index >= 15 is 0 Å². The third kappa shape index (κ3) is 2.87. The summed E-state index contributed by atoms with van der Waals surface area (Å²) in [6, 6.07) is 5.39. The Morgan fingerprint density at radius 2 is 2.00 bits per heavy atom. The molecule has 0 bridgehead atoms. The summed E-state index contributed by atoms with van der Waals surface area (Å²) >= 11 is 5.98. The number of H-pyrrole nitrogens is 1. The van der Waals surface area contributed by atoms with Gasteiger partial charge < -0.3 is 10.2 Å². The molecule has 1 aliphatic heterocycles. The van der Waals surface area contributed by atoms with Crippen molar-refractivity contribution in [3.8, 4) is 11.4 Å². The second-order valence-electron chi connectivity index (χ2n) is 5.46. The number of halogens is 2. The van der Waals surface area contributed by atoms with Crippen LogP contribution in [0.3, 0.4) is 0 Å². The zero-order valence-corrected chi connectivity index (χ0v) is 12.7. The van der Waals surface area contributed by atoms with Crippen LogP contribution >= 0.6 is 11.6 Å². The van der Waals surface area contributed by atoms with Crippen LogP contribution in [0.4, 0.5) is 10.3 Å². The number of aromatic nitrogens is 3. The highest BCUT2D eigenvalue weighted by molar-refractivity contribution is 6.33. The molecule has 1 aromatic carbocycles. The molecule has 0 saturated carbocycles. The van der Waals surface area contributed by atoms with E-state index in [1.54, 1.807) is 12.1 Å². The molecule has 7 heteroatoms. The van der Waals surface area contributed by atoms with Gasteiger partial charge in [-0.1, -0.05) is 17.7 Å². The third-order valence-corrected chi connectivity index (χ3v) is 3.90. The van der Waals surface area contributed by atoms with Crippen LogP contribution in [0.25, 0.3) is 11.4 Å². The summed E-state index contributed by atoms with van der Waals surface area (Å²) in [6.07, 6.45) is 0. The normalized spacial score (nSPS) is 22.6. The van der Waals surface area contributed by atoms with Crippen LogP contribution in [0, 0.1) is 5.82 Å². The van der Waals surface area contributed by atoms with Crippen LogP contribution in [-0.2, 0) is 0 Å². The smallest absolute Gasteiger partial charge is 0.245 e. The number of anilines is 1. The van der Waals surface area contributed by atoms with Crippen molar-refractivity contribution in [3.63, 3.8) is 0 Å². The second kappa shape index (κ2) is 5.61. The maximum absolute atomic E-state index is 13.5. The molecule has 21 heavy (non-hydrogen) atoms. The van der Waals surface area contributed by atoms with Gasteiger partial charge in [0.1, 0.15) is 5.82 Å². The van der Waals surface area contributed by atoms with Gasteiger partial charge >= 0.3 is 0 Å². The Morgan fingerprint density at radius 1 is 1.29 bits per heavy atom. The second-order valence-corrected chi connectivity index (χ2v) is 5.84. The summed E-state index contributed by atoms with van der Waals surface area (Å²) in [5.41, 5.74) is 0.520. The van der Waals surface area contributed by atoms with E-state index < -0.39 is 5.82 Å². The van der Waals surface area contributed by atoms with Gasteiger partial charge in [-0.15, -0.1) is 5.10 Å². The average molecular weight is 310 g/mol. The van der Waals surface area contributed by atoms with Gasteiger partial charge in [0.25, 0.3) is 0 Å². The molecule has 1 fully saturated rings. The molecule has 1 aliphatic rings. The Labute approximate surface area is 127 Å². The highest BCUT2D eigenvalue weighted by atomic mass is 35.5. The van der Waals surface area contributed by atoms with Gasteiger partial charge in [0, 0.05) is 30.7 Å². The van der Waals surface area contributed by atoms with Gasteiger partial charge in [0.05, 0.1) is 5.02 Å². The van der Waals surface area contributed by atoms with E-state index in [1.807, 2.05) is 0 Å². The molecule has 2 aromatic rings. The lowest BCUT2D eigenvalue weighted by Gasteiger charge is -2.35. The first-order valence-corrected chi connectivity index (χ1v) is 7.30. The molecule has 2 unspecified atom stereocenters. The molecule has 2 heterocycles. The largest absolute Gasteiger partial charge is 0.336 e. The van der Waals surface area contributed by atoms with E-state index in [4.69, 9.17) is 11.6 Å². The molecule has 0 amide bonds. The first-order chi connectivity index (χ1) is 10.0. The number of nitrogens with one attached hydrogen (secondary N) is 2. The predicted octanol–water partition coefficient (Wildman–Crippen LogP) is 2.45. The molecular formula is C14H17ClFN5. The van der Waals surface area contributed by atoms with Crippen LogP contribution in [-0.4, -0.2) is 40.4 Å². The maximum Gasteiger partial charge on any atom is 0.245 e. The molecule has 3 rings (SSSR count). The van der Waals surface area contributed by atoms with Crippen molar-refractivity contribution in [2.75, 3.05) is 18.0 Å². The Hall–Kier alpha value is -1.66. The lowest BCUT2D eigenvalue weighted by molar-refractivity contribution is 0.403. The van der Waals surface area contributed by atoms with E-state index in [0.29, 0.717) is 29.4 Å². The average Bonchev–Trinajstić information content (AvgIpc) is 2.90.